The van der Waals surface area contributed by atoms with Gasteiger partial charge in [0.1, 0.15) is 5.82 Å². The number of nitrogens with zero attached hydrogens (tertiary/aromatic N) is 1. The predicted molar refractivity (Wildman–Crippen MR) is 105 cm³/mol. The molecule has 1 fully saturated rings. The van der Waals surface area contributed by atoms with Crippen molar-refractivity contribution in [2.45, 2.75) is 18.9 Å². The maximum Gasteiger partial charge on any atom is 0.251 e. The average Bonchev–Trinajstić information content (AvgIpc) is 3.16. The molecule has 8 heteroatoms. The summed E-state index contributed by atoms with van der Waals surface area (Å²) in [5.74, 6) is -1.31. The molecule has 1 saturated heterocycles. The van der Waals surface area contributed by atoms with Crippen molar-refractivity contribution in [2.75, 3.05) is 24.5 Å². The van der Waals surface area contributed by atoms with E-state index in [2.05, 4.69) is 10.6 Å². The molecule has 1 aliphatic rings. The van der Waals surface area contributed by atoms with Crippen LogP contribution in [0.4, 0.5) is 10.1 Å². The van der Waals surface area contributed by atoms with Gasteiger partial charge >= 0.3 is 0 Å². The number of carbonyl (C=O) groups excluding carboxylic acids is 3. The monoisotopic (exact) mass is 399 g/mol. The molecule has 29 heavy (non-hydrogen) atoms. The molecular formula is C21H22FN3O4. The lowest BCUT2D eigenvalue weighted by atomic mass is 10.1. The summed E-state index contributed by atoms with van der Waals surface area (Å²) in [6.45, 7) is 0.309. The zero-order valence-electron chi connectivity index (χ0n) is 15.7. The van der Waals surface area contributed by atoms with Crippen LogP contribution in [0.1, 0.15) is 34.9 Å². The van der Waals surface area contributed by atoms with Crippen LogP contribution in [0.3, 0.4) is 0 Å². The van der Waals surface area contributed by atoms with Crippen molar-refractivity contribution in [3.05, 3.63) is 65.5 Å². The lowest BCUT2D eigenvalue weighted by Gasteiger charge is -2.16. The van der Waals surface area contributed by atoms with Crippen molar-refractivity contribution in [1.29, 1.82) is 0 Å². The molecular weight excluding hydrogens is 377 g/mol. The highest BCUT2D eigenvalue weighted by molar-refractivity contribution is 5.98. The number of halogens is 1. The number of aliphatic hydroxyl groups is 1. The lowest BCUT2D eigenvalue weighted by molar-refractivity contribution is -0.120. The Labute approximate surface area is 167 Å². The largest absolute Gasteiger partial charge is 0.387 e. The second-order valence-corrected chi connectivity index (χ2v) is 6.75. The van der Waals surface area contributed by atoms with Crippen LogP contribution in [0.2, 0.25) is 0 Å². The maximum absolute atomic E-state index is 13.2. The second-order valence-electron chi connectivity index (χ2n) is 6.75. The van der Waals surface area contributed by atoms with Gasteiger partial charge in [-0.15, -0.1) is 0 Å². The van der Waals surface area contributed by atoms with E-state index in [0.717, 1.165) is 12.1 Å². The number of hydrogen-bond acceptors (Lipinski definition) is 4. The van der Waals surface area contributed by atoms with E-state index in [0.29, 0.717) is 24.1 Å². The third-order valence-electron chi connectivity index (χ3n) is 4.65. The molecule has 0 spiro atoms. The van der Waals surface area contributed by atoms with Gasteiger partial charge in [0.15, 0.2) is 0 Å². The van der Waals surface area contributed by atoms with E-state index in [-0.39, 0.29) is 19.0 Å². The van der Waals surface area contributed by atoms with E-state index in [9.17, 15) is 23.9 Å². The van der Waals surface area contributed by atoms with Crippen molar-refractivity contribution in [2.24, 2.45) is 0 Å². The zero-order valence-corrected chi connectivity index (χ0v) is 15.7. The Hall–Kier alpha value is -3.26. The number of nitrogens with one attached hydrogen (secondary N) is 2. The normalized spacial score (nSPS) is 14.6. The maximum atomic E-state index is 13.2. The average molecular weight is 399 g/mol. The SMILES string of the molecule is O=C(CNC(=O)c1ccc(N2CCCC2=O)cc1)NCC(O)c1cccc(F)c1. The molecule has 0 saturated carbocycles. The van der Waals surface area contributed by atoms with Crippen LogP contribution in [-0.2, 0) is 9.59 Å². The van der Waals surface area contributed by atoms with E-state index in [1.54, 1.807) is 35.2 Å². The summed E-state index contributed by atoms with van der Waals surface area (Å²) in [5.41, 5.74) is 1.46. The topological polar surface area (TPSA) is 98.7 Å². The first-order valence-electron chi connectivity index (χ1n) is 9.33. The molecule has 0 radical (unpaired) electrons. The molecule has 0 aliphatic carbocycles. The predicted octanol–water partition coefficient (Wildman–Crippen LogP) is 1.53. The summed E-state index contributed by atoms with van der Waals surface area (Å²) in [6, 6.07) is 12.1. The first-order valence-corrected chi connectivity index (χ1v) is 9.33. The summed E-state index contributed by atoms with van der Waals surface area (Å²) < 4.78 is 13.2. The van der Waals surface area contributed by atoms with E-state index in [1.807, 2.05) is 0 Å². The van der Waals surface area contributed by atoms with Crippen molar-refractivity contribution in [3.8, 4) is 0 Å². The van der Waals surface area contributed by atoms with Gasteiger partial charge in [-0.2, -0.15) is 0 Å². The van der Waals surface area contributed by atoms with Gasteiger partial charge in [0, 0.05) is 30.8 Å². The Balaban J connectivity index is 1.45. The highest BCUT2D eigenvalue weighted by Crippen LogP contribution is 2.21. The fourth-order valence-electron chi connectivity index (χ4n) is 3.08. The fraction of sp³-hybridized carbons (Fsp3) is 0.286. The van der Waals surface area contributed by atoms with Crippen LogP contribution in [-0.4, -0.2) is 42.5 Å². The van der Waals surface area contributed by atoms with Gasteiger partial charge in [0.05, 0.1) is 12.6 Å². The number of amides is 3. The molecule has 0 aromatic heterocycles. The van der Waals surface area contributed by atoms with Crippen LogP contribution in [0, 0.1) is 5.82 Å². The van der Waals surface area contributed by atoms with Crippen LogP contribution in [0.25, 0.3) is 0 Å². The van der Waals surface area contributed by atoms with Gasteiger partial charge in [-0.3, -0.25) is 14.4 Å². The summed E-state index contributed by atoms with van der Waals surface area (Å²) in [7, 11) is 0. The van der Waals surface area contributed by atoms with E-state index >= 15 is 0 Å². The molecule has 152 valence electrons. The molecule has 1 atom stereocenters. The quantitative estimate of drug-likeness (QED) is 0.658. The molecule has 1 unspecified atom stereocenters. The highest BCUT2D eigenvalue weighted by Gasteiger charge is 2.21. The lowest BCUT2D eigenvalue weighted by Crippen LogP contribution is -2.38. The summed E-state index contributed by atoms with van der Waals surface area (Å²) in [4.78, 5) is 37.5. The van der Waals surface area contributed by atoms with Crippen molar-refractivity contribution < 1.29 is 23.9 Å². The molecule has 1 heterocycles. The molecule has 0 bridgehead atoms. The van der Waals surface area contributed by atoms with E-state index < -0.39 is 23.7 Å². The Morgan fingerprint density at radius 3 is 2.55 bits per heavy atom. The Morgan fingerprint density at radius 2 is 1.90 bits per heavy atom. The first kappa shape index (κ1) is 20.5. The van der Waals surface area contributed by atoms with Crippen LogP contribution < -0.4 is 15.5 Å². The molecule has 3 rings (SSSR count). The van der Waals surface area contributed by atoms with Crippen LogP contribution in [0.15, 0.2) is 48.5 Å². The molecule has 7 nitrogen and oxygen atoms in total. The Kier molecular flexibility index (Phi) is 6.56. The van der Waals surface area contributed by atoms with Crippen molar-refractivity contribution >= 4 is 23.4 Å². The molecule has 1 aliphatic heterocycles. The van der Waals surface area contributed by atoms with Gasteiger partial charge in [-0.1, -0.05) is 12.1 Å². The minimum absolute atomic E-state index is 0.0688. The summed E-state index contributed by atoms with van der Waals surface area (Å²) in [5, 5.41) is 15.0. The summed E-state index contributed by atoms with van der Waals surface area (Å²) >= 11 is 0. The number of carbonyl (C=O) groups is 3. The molecule has 2 aromatic rings. The van der Waals surface area contributed by atoms with Gasteiger partial charge in [0.25, 0.3) is 5.91 Å². The van der Waals surface area contributed by atoms with Crippen LogP contribution in [0.5, 0.6) is 0 Å². The highest BCUT2D eigenvalue weighted by atomic mass is 19.1. The number of benzene rings is 2. The molecule has 2 aromatic carbocycles. The van der Waals surface area contributed by atoms with Gasteiger partial charge in [0.2, 0.25) is 11.8 Å². The standard InChI is InChI=1S/C21H22FN3O4/c22-16-4-1-3-15(11-16)18(26)12-23-19(27)13-24-21(29)14-6-8-17(9-7-14)25-10-2-5-20(25)28/h1,3-4,6-9,11,18,26H,2,5,10,12-13H2,(H,23,27)(H,24,29). The molecule has 3 amide bonds. The molecule has 3 N–H and O–H groups in total. The van der Waals surface area contributed by atoms with Gasteiger partial charge < -0.3 is 20.6 Å². The smallest absolute Gasteiger partial charge is 0.251 e. The van der Waals surface area contributed by atoms with Crippen molar-refractivity contribution in [3.63, 3.8) is 0 Å². The van der Waals surface area contributed by atoms with E-state index in [4.69, 9.17) is 0 Å². The summed E-state index contributed by atoms with van der Waals surface area (Å²) in [6.07, 6.45) is 0.307. The fourth-order valence-corrected chi connectivity index (χ4v) is 3.08. The number of hydrogen-bond donors (Lipinski definition) is 3. The van der Waals surface area contributed by atoms with Gasteiger partial charge in [-0.25, -0.2) is 4.39 Å². The number of aliphatic hydroxyl groups excluding tert-OH is 1. The number of anilines is 1. The minimum Gasteiger partial charge on any atom is -0.387 e. The Morgan fingerprint density at radius 1 is 1.14 bits per heavy atom. The van der Waals surface area contributed by atoms with Crippen LogP contribution >= 0.6 is 0 Å². The van der Waals surface area contributed by atoms with Gasteiger partial charge in [-0.05, 0) is 48.4 Å². The first-order chi connectivity index (χ1) is 13.9. The second kappa shape index (κ2) is 9.29. The zero-order chi connectivity index (χ0) is 20.8. The minimum atomic E-state index is -1.05. The third kappa shape index (κ3) is 5.39. The number of rotatable bonds is 7. The van der Waals surface area contributed by atoms with E-state index in [1.165, 1.54) is 18.2 Å². The Bertz CT molecular complexity index is 901. The third-order valence-corrected chi connectivity index (χ3v) is 4.65. The van der Waals surface area contributed by atoms with Crippen molar-refractivity contribution in [1.82, 2.24) is 10.6 Å².